The van der Waals surface area contributed by atoms with E-state index in [9.17, 15) is 9.59 Å². The number of nitrogens with one attached hydrogen (secondary N) is 1. The molecule has 0 spiro atoms. The maximum atomic E-state index is 13.2. The van der Waals surface area contributed by atoms with Crippen molar-refractivity contribution >= 4 is 50.2 Å². The van der Waals surface area contributed by atoms with E-state index in [0.717, 1.165) is 21.3 Å². The number of pyridine rings is 1. The third-order valence-electron chi connectivity index (χ3n) is 4.68. The van der Waals surface area contributed by atoms with Gasteiger partial charge in [0, 0.05) is 22.6 Å². The second-order valence-electron chi connectivity index (χ2n) is 6.96. The minimum atomic E-state index is -0.161. The summed E-state index contributed by atoms with van der Waals surface area (Å²) in [6.45, 7) is 2.27. The molecule has 31 heavy (non-hydrogen) atoms. The zero-order valence-corrected chi connectivity index (χ0v) is 19.1. The molecule has 1 amide bonds. The summed E-state index contributed by atoms with van der Waals surface area (Å²) in [6.07, 6.45) is 3.41. The van der Waals surface area contributed by atoms with Crippen LogP contribution in [0.1, 0.15) is 11.1 Å². The van der Waals surface area contributed by atoms with Gasteiger partial charge in [-0.3, -0.25) is 19.1 Å². The Morgan fingerprint density at radius 3 is 2.77 bits per heavy atom. The number of aryl methyl sites for hydroxylation is 1. The summed E-state index contributed by atoms with van der Waals surface area (Å²) in [5.41, 5.74) is 3.08. The normalized spacial score (nSPS) is 10.9. The third kappa shape index (κ3) is 5.03. The average molecular weight is 495 g/mol. The van der Waals surface area contributed by atoms with Gasteiger partial charge in [-0.15, -0.1) is 0 Å². The highest BCUT2D eigenvalue weighted by atomic mass is 79.9. The monoisotopic (exact) mass is 494 g/mol. The number of carbonyl (C=O) groups is 1. The zero-order valence-electron chi connectivity index (χ0n) is 16.7. The van der Waals surface area contributed by atoms with Gasteiger partial charge in [-0.25, -0.2) is 4.98 Å². The minimum absolute atomic E-state index is 0.132. The predicted octanol–water partition coefficient (Wildman–Crippen LogP) is 4.64. The van der Waals surface area contributed by atoms with E-state index in [2.05, 4.69) is 31.2 Å². The Kier molecular flexibility index (Phi) is 6.48. The molecule has 4 rings (SSSR count). The van der Waals surface area contributed by atoms with Crippen LogP contribution in [0.15, 0.2) is 81.4 Å². The number of fused-ring (bicyclic) bond motifs is 1. The van der Waals surface area contributed by atoms with Crippen LogP contribution in [-0.4, -0.2) is 26.2 Å². The molecule has 0 saturated carbocycles. The van der Waals surface area contributed by atoms with Gasteiger partial charge >= 0.3 is 0 Å². The number of thioether (sulfide) groups is 1. The average Bonchev–Trinajstić information content (AvgIpc) is 2.77. The lowest BCUT2D eigenvalue weighted by atomic mass is 10.2. The van der Waals surface area contributed by atoms with E-state index in [-0.39, 0.29) is 17.2 Å². The molecule has 2 aromatic heterocycles. The number of benzene rings is 2. The number of rotatable bonds is 6. The molecule has 2 aromatic carbocycles. The van der Waals surface area contributed by atoms with Gasteiger partial charge in [0.05, 0.1) is 23.2 Å². The first-order valence-corrected chi connectivity index (χ1v) is 11.4. The number of anilines is 1. The van der Waals surface area contributed by atoms with Gasteiger partial charge in [-0.05, 0) is 54.4 Å². The Morgan fingerprint density at radius 2 is 2.00 bits per heavy atom. The van der Waals surface area contributed by atoms with Gasteiger partial charge in [0.25, 0.3) is 5.56 Å². The van der Waals surface area contributed by atoms with Gasteiger partial charge in [0.2, 0.25) is 5.91 Å². The fourth-order valence-electron chi connectivity index (χ4n) is 3.16. The Labute approximate surface area is 191 Å². The molecular weight excluding hydrogens is 476 g/mol. The van der Waals surface area contributed by atoms with E-state index in [0.29, 0.717) is 22.6 Å². The number of hydrogen-bond donors (Lipinski definition) is 1. The van der Waals surface area contributed by atoms with Gasteiger partial charge < -0.3 is 5.32 Å². The summed E-state index contributed by atoms with van der Waals surface area (Å²) in [5.74, 6) is -0.0291. The molecule has 2 heterocycles. The molecule has 0 aliphatic heterocycles. The van der Waals surface area contributed by atoms with Crippen molar-refractivity contribution in [1.29, 1.82) is 0 Å². The molecule has 156 valence electrons. The first-order valence-electron chi connectivity index (χ1n) is 9.58. The Bertz CT molecular complexity index is 1310. The number of para-hydroxylation sites is 1. The molecule has 0 radical (unpaired) electrons. The fourth-order valence-corrected chi connectivity index (χ4v) is 4.43. The molecule has 6 nitrogen and oxygen atoms in total. The number of carbonyl (C=O) groups excluding carboxylic acids is 1. The molecule has 4 aromatic rings. The molecule has 0 unspecified atom stereocenters. The van der Waals surface area contributed by atoms with Crippen LogP contribution in [0.25, 0.3) is 10.9 Å². The summed E-state index contributed by atoms with van der Waals surface area (Å²) in [5, 5.41) is 3.97. The number of aromatic nitrogens is 3. The second kappa shape index (κ2) is 9.45. The topological polar surface area (TPSA) is 76.9 Å². The molecule has 0 aliphatic rings. The maximum Gasteiger partial charge on any atom is 0.262 e. The van der Waals surface area contributed by atoms with Crippen molar-refractivity contribution in [3.63, 3.8) is 0 Å². The van der Waals surface area contributed by atoms with Crippen LogP contribution >= 0.6 is 27.7 Å². The van der Waals surface area contributed by atoms with Crippen molar-refractivity contribution in [2.24, 2.45) is 0 Å². The van der Waals surface area contributed by atoms with Gasteiger partial charge in [0.15, 0.2) is 5.16 Å². The zero-order chi connectivity index (χ0) is 21.8. The highest BCUT2D eigenvalue weighted by Crippen LogP contribution is 2.22. The van der Waals surface area contributed by atoms with Gasteiger partial charge in [-0.2, -0.15) is 0 Å². The van der Waals surface area contributed by atoms with E-state index in [1.54, 1.807) is 29.1 Å². The van der Waals surface area contributed by atoms with Crippen LogP contribution in [0.5, 0.6) is 0 Å². The summed E-state index contributed by atoms with van der Waals surface area (Å²) < 4.78 is 2.56. The Hall–Kier alpha value is -2.97. The maximum absolute atomic E-state index is 13.2. The predicted molar refractivity (Wildman–Crippen MR) is 128 cm³/mol. The number of nitrogens with zero attached hydrogens (tertiary/aromatic N) is 3. The van der Waals surface area contributed by atoms with E-state index in [1.165, 1.54) is 11.8 Å². The molecule has 0 saturated heterocycles. The van der Waals surface area contributed by atoms with E-state index >= 15 is 0 Å². The number of amides is 1. The smallest absolute Gasteiger partial charge is 0.262 e. The Morgan fingerprint density at radius 1 is 1.16 bits per heavy atom. The first kappa shape index (κ1) is 21.3. The van der Waals surface area contributed by atoms with Crippen LogP contribution in [-0.2, 0) is 11.3 Å². The van der Waals surface area contributed by atoms with Crippen LogP contribution in [0.4, 0.5) is 5.69 Å². The molecule has 8 heteroatoms. The van der Waals surface area contributed by atoms with E-state index in [4.69, 9.17) is 0 Å². The summed E-state index contributed by atoms with van der Waals surface area (Å²) in [7, 11) is 0. The van der Waals surface area contributed by atoms with Crippen LogP contribution in [0.3, 0.4) is 0 Å². The van der Waals surface area contributed by atoms with Crippen LogP contribution in [0.2, 0.25) is 0 Å². The van der Waals surface area contributed by atoms with Crippen LogP contribution in [0, 0.1) is 6.92 Å². The van der Waals surface area contributed by atoms with Gasteiger partial charge in [0.1, 0.15) is 0 Å². The van der Waals surface area contributed by atoms with Crippen molar-refractivity contribution in [3.05, 3.63) is 92.9 Å². The highest BCUT2D eigenvalue weighted by Gasteiger charge is 2.14. The number of hydrogen-bond acceptors (Lipinski definition) is 5. The summed E-state index contributed by atoms with van der Waals surface area (Å²) in [6, 6.07) is 16.7. The van der Waals surface area contributed by atoms with Crippen molar-refractivity contribution < 1.29 is 4.79 Å². The van der Waals surface area contributed by atoms with E-state index in [1.807, 2.05) is 49.4 Å². The molecule has 0 fully saturated rings. The van der Waals surface area contributed by atoms with Crippen molar-refractivity contribution in [3.8, 4) is 0 Å². The quantitative estimate of drug-likeness (QED) is 0.312. The lowest BCUT2D eigenvalue weighted by Gasteiger charge is -2.13. The second-order valence-corrected chi connectivity index (χ2v) is 8.82. The lowest BCUT2D eigenvalue weighted by molar-refractivity contribution is -0.113. The molecule has 0 atom stereocenters. The molecule has 0 aliphatic carbocycles. The summed E-state index contributed by atoms with van der Waals surface area (Å²) >= 11 is 4.67. The van der Waals surface area contributed by atoms with Crippen LogP contribution < -0.4 is 10.9 Å². The minimum Gasteiger partial charge on any atom is -0.325 e. The lowest BCUT2D eigenvalue weighted by Crippen LogP contribution is -2.25. The fraction of sp³-hybridized carbons (Fsp3) is 0.130. The highest BCUT2D eigenvalue weighted by molar-refractivity contribution is 9.10. The van der Waals surface area contributed by atoms with Crippen molar-refractivity contribution in [2.45, 2.75) is 18.6 Å². The van der Waals surface area contributed by atoms with Gasteiger partial charge in [-0.1, -0.05) is 45.9 Å². The standard InChI is InChI=1S/C23H19BrN4O2S/c1-15-11-17(24)8-9-19(15)26-21(29)14-31-23-27-20-7-3-2-6-18(20)22(30)28(23)13-16-5-4-10-25-12-16/h2-12H,13-14H2,1H3,(H,26,29). The van der Waals surface area contributed by atoms with E-state index < -0.39 is 0 Å². The molecule has 1 N–H and O–H groups in total. The summed E-state index contributed by atoms with van der Waals surface area (Å²) in [4.78, 5) is 34.5. The molecule has 0 bridgehead atoms. The number of halogens is 1. The van der Waals surface area contributed by atoms with Crippen molar-refractivity contribution in [2.75, 3.05) is 11.1 Å². The first-order chi connectivity index (χ1) is 15.0. The Balaban J connectivity index is 1.60. The molecular formula is C23H19BrN4O2S. The SMILES string of the molecule is Cc1cc(Br)ccc1NC(=O)CSc1nc2ccccc2c(=O)n1Cc1cccnc1. The third-order valence-corrected chi connectivity index (χ3v) is 6.15. The largest absolute Gasteiger partial charge is 0.325 e. The van der Waals surface area contributed by atoms with Crippen molar-refractivity contribution in [1.82, 2.24) is 14.5 Å².